The summed E-state index contributed by atoms with van der Waals surface area (Å²) < 4.78 is 44.8. The number of ether oxygens (including phenoxy) is 1. The summed E-state index contributed by atoms with van der Waals surface area (Å²) in [7, 11) is 1.51. The number of rotatable bonds is 9. The highest BCUT2D eigenvalue weighted by molar-refractivity contribution is 5.95. The van der Waals surface area contributed by atoms with Gasteiger partial charge < -0.3 is 15.2 Å². The van der Waals surface area contributed by atoms with Crippen molar-refractivity contribution in [3.8, 4) is 17.0 Å². The van der Waals surface area contributed by atoms with E-state index in [1.807, 2.05) is 19.9 Å². The Labute approximate surface area is 204 Å². The molecule has 2 N–H and O–H groups in total. The van der Waals surface area contributed by atoms with Crippen molar-refractivity contribution < 1.29 is 27.8 Å². The summed E-state index contributed by atoms with van der Waals surface area (Å²) in [6, 6.07) is 5.35. The van der Waals surface area contributed by atoms with Crippen molar-refractivity contribution in [2.24, 2.45) is 5.92 Å². The fourth-order valence-electron chi connectivity index (χ4n) is 4.72. The number of benzene rings is 1. The first-order valence-corrected chi connectivity index (χ1v) is 12.3. The van der Waals surface area contributed by atoms with E-state index in [1.165, 1.54) is 7.11 Å². The van der Waals surface area contributed by atoms with Gasteiger partial charge in [-0.3, -0.25) is 9.48 Å². The minimum atomic E-state index is -4.17. The molecule has 1 fully saturated rings. The van der Waals surface area contributed by atoms with Crippen LogP contribution in [0.5, 0.6) is 5.75 Å². The third kappa shape index (κ3) is 6.78. The number of nitrogens with zero attached hydrogens (tertiary/aromatic N) is 2. The minimum absolute atomic E-state index is 0.00744. The lowest BCUT2D eigenvalue weighted by Gasteiger charge is -2.34. The predicted molar refractivity (Wildman–Crippen MR) is 129 cm³/mol. The maximum absolute atomic E-state index is 13.0. The van der Waals surface area contributed by atoms with Gasteiger partial charge in [-0.1, -0.05) is 13.0 Å². The number of halogens is 3. The minimum Gasteiger partial charge on any atom is -0.496 e. The van der Waals surface area contributed by atoms with Crippen molar-refractivity contribution in [3.63, 3.8) is 0 Å². The van der Waals surface area contributed by atoms with Crippen LogP contribution in [0.2, 0.25) is 0 Å². The van der Waals surface area contributed by atoms with E-state index < -0.39 is 18.2 Å². The highest BCUT2D eigenvalue weighted by Crippen LogP contribution is 2.35. The molecule has 1 amide bonds. The summed E-state index contributed by atoms with van der Waals surface area (Å²) in [4.78, 5) is 13.0. The molecule has 1 aromatic carbocycles. The number of hydrogen-bond acceptors (Lipinski definition) is 4. The van der Waals surface area contributed by atoms with Crippen molar-refractivity contribution in [1.82, 2.24) is 15.1 Å². The molecule has 0 bridgehead atoms. The van der Waals surface area contributed by atoms with E-state index in [2.05, 4.69) is 17.3 Å². The van der Waals surface area contributed by atoms with Crippen LogP contribution in [0, 0.1) is 12.8 Å². The van der Waals surface area contributed by atoms with Gasteiger partial charge in [-0.05, 0) is 76.0 Å². The van der Waals surface area contributed by atoms with E-state index in [0.29, 0.717) is 36.6 Å². The molecular formula is C26H36F3N3O3. The third-order valence-corrected chi connectivity index (χ3v) is 6.93. The number of carbonyl (C=O) groups is 1. The third-order valence-electron chi connectivity index (χ3n) is 6.93. The number of methoxy groups -OCH3 is 1. The van der Waals surface area contributed by atoms with Gasteiger partial charge >= 0.3 is 6.18 Å². The van der Waals surface area contributed by atoms with Crippen LogP contribution in [0.25, 0.3) is 11.3 Å². The Balaban J connectivity index is 1.80. The first kappa shape index (κ1) is 27.0. The number of nitrogens with one attached hydrogen (secondary N) is 1. The SMILES string of the molecule is CCn1nc(C(=O)NCC2(O)CCC(C)CC2)c(C)c1-c1ccc(CCCC(F)(F)F)cc1OC. The molecule has 2 aromatic rings. The fourth-order valence-corrected chi connectivity index (χ4v) is 4.72. The molecule has 3 rings (SSSR count). The van der Waals surface area contributed by atoms with Gasteiger partial charge in [0.2, 0.25) is 0 Å². The largest absolute Gasteiger partial charge is 0.496 e. The maximum Gasteiger partial charge on any atom is 0.389 e. The summed E-state index contributed by atoms with van der Waals surface area (Å²) >= 11 is 0. The Hall–Kier alpha value is -2.55. The Bertz CT molecular complexity index is 1020. The molecule has 1 aromatic heterocycles. The van der Waals surface area contributed by atoms with Crippen LogP contribution in [-0.4, -0.2) is 46.2 Å². The maximum atomic E-state index is 13.0. The highest BCUT2D eigenvalue weighted by Gasteiger charge is 2.33. The van der Waals surface area contributed by atoms with Crippen LogP contribution in [0.1, 0.15) is 74.0 Å². The van der Waals surface area contributed by atoms with Crippen molar-refractivity contribution >= 4 is 5.91 Å². The van der Waals surface area contributed by atoms with E-state index >= 15 is 0 Å². The van der Waals surface area contributed by atoms with E-state index in [1.54, 1.807) is 16.8 Å². The van der Waals surface area contributed by atoms with E-state index in [0.717, 1.165) is 29.7 Å². The van der Waals surface area contributed by atoms with Crippen molar-refractivity contribution in [2.45, 2.75) is 84.0 Å². The average Bonchev–Trinajstić information content (AvgIpc) is 3.15. The van der Waals surface area contributed by atoms with Crippen LogP contribution in [0.3, 0.4) is 0 Å². The van der Waals surface area contributed by atoms with Gasteiger partial charge in [-0.15, -0.1) is 0 Å². The molecule has 0 spiro atoms. The number of aromatic nitrogens is 2. The summed E-state index contributed by atoms with van der Waals surface area (Å²) in [6.07, 6.45) is -1.51. The van der Waals surface area contributed by atoms with Crippen LogP contribution >= 0.6 is 0 Å². The summed E-state index contributed by atoms with van der Waals surface area (Å²) in [5.74, 6) is 0.762. The Morgan fingerprint density at radius 1 is 1.31 bits per heavy atom. The van der Waals surface area contributed by atoms with Crippen LogP contribution in [0.15, 0.2) is 18.2 Å². The summed E-state index contributed by atoms with van der Waals surface area (Å²) in [6.45, 7) is 6.60. The fraction of sp³-hybridized carbons (Fsp3) is 0.615. The molecule has 1 saturated carbocycles. The molecule has 1 heterocycles. The second kappa shape index (κ2) is 11.0. The molecular weight excluding hydrogens is 459 g/mol. The number of aryl methyl sites for hydroxylation is 2. The van der Waals surface area contributed by atoms with Gasteiger partial charge in [-0.2, -0.15) is 18.3 Å². The zero-order chi connectivity index (χ0) is 25.8. The second-order valence-electron chi connectivity index (χ2n) is 9.73. The molecule has 0 aliphatic heterocycles. The van der Waals surface area contributed by atoms with E-state index in [-0.39, 0.29) is 31.0 Å². The molecule has 6 nitrogen and oxygen atoms in total. The Morgan fingerprint density at radius 3 is 2.60 bits per heavy atom. The van der Waals surface area contributed by atoms with Crippen molar-refractivity contribution in [2.75, 3.05) is 13.7 Å². The molecule has 0 saturated heterocycles. The number of alkyl halides is 3. The number of amides is 1. The second-order valence-corrected chi connectivity index (χ2v) is 9.73. The summed E-state index contributed by atoms with van der Waals surface area (Å²) in [5, 5.41) is 18.2. The lowest BCUT2D eigenvalue weighted by molar-refractivity contribution is -0.135. The molecule has 1 aliphatic rings. The topological polar surface area (TPSA) is 76.4 Å². The zero-order valence-corrected chi connectivity index (χ0v) is 21.0. The van der Waals surface area contributed by atoms with Gasteiger partial charge in [0, 0.05) is 30.6 Å². The predicted octanol–water partition coefficient (Wildman–Crippen LogP) is 5.44. The van der Waals surface area contributed by atoms with Gasteiger partial charge in [0.15, 0.2) is 5.69 Å². The van der Waals surface area contributed by atoms with Crippen LogP contribution in [0.4, 0.5) is 13.2 Å². The molecule has 0 radical (unpaired) electrons. The number of aliphatic hydroxyl groups is 1. The average molecular weight is 496 g/mol. The Morgan fingerprint density at radius 2 is 2.00 bits per heavy atom. The first-order valence-electron chi connectivity index (χ1n) is 12.3. The van der Waals surface area contributed by atoms with Crippen molar-refractivity contribution in [1.29, 1.82) is 0 Å². The first-order chi connectivity index (χ1) is 16.5. The van der Waals surface area contributed by atoms with Gasteiger partial charge in [-0.25, -0.2) is 0 Å². The molecule has 0 unspecified atom stereocenters. The lowest BCUT2D eigenvalue weighted by atomic mass is 9.79. The van der Waals surface area contributed by atoms with E-state index in [9.17, 15) is 23.1 Å². The monoisotopic (exact) mass is 495 g/mol. The zero-order valence-electron chi connectivity index (χ0n) is 21.0. The molecule has 35 heavy (non-hydrogen) atoms. The van der Waals surface area contributed by atoms with E-state index in [4.69, 9.17) is 4.74 Å². The molecule has 9 heteroatoms. The smallest absolute Gasteiger partial charge is 0.389 e. The summed E-state index contributed by atoms with van der Waals surface area (Å²) in [5.41, 5.74) is 2.27. The lowest BCUT2D eigenvalue weighted by Crippen LogP contribution is -2.45. The quantitative estimate of drug-likeness (QED) is 0.486. The van der Waals surface area contributed by atoms with Crippen LogP contribution < -0.4 is 10.1 Å². The number of hydrogen-bond donors (Lipinski definition) is 2. The molecule has 1 aliphatic carbocycles. The van der Waals surface area contributed by atoms with Gasteiger partial charge in [0.1, 0.15) is 5.75 Å². The highest BCUT2D eigenvalue weighted by atomic mass is 19.4. The number of carbonyl (C=O) groups excluding carboxylic acids is 1. The van der Waals surface area contributed by atoms with Gasteiger partial charge in [0.25, 0.3) is 5.91 Å². The molecule has 0 atom stereocenters. The van der Waals surface area contributed by atoms with Crippen molar-refractivity contribution in [3.05, 3.63) is 35.0 Å². The van der Waals surface area contributed by atoms with Crippen LogP contribution in [-0.2, 0) is 13.0 Å². The standard InChI is InChI=1S/C26H36F3N3O3/c1-5-32-23(20-9-8-19(15-21(20)35-4)7-6-12-26(27,28)29)18(3)22(31-32)24(33)30-16-25(34)13-10-17(2)11-14-25/h8-9,15,17,34H,5-7,10-14,16H2,1-4H3,(H,30,33). The normalized spacial score (nSPS) is 20.6. The molecule has 194 valence electrons. The Kier molecular flexibility index (Phi) is 8.51. The van der Waals surface area contributed by atoms with Gasteiger partial charge in [0.05, 0.1) is 18.4 Å².